The van der Waals surface area contributed by atoms with Gasteiger partial charge >= 0.3 is 0 Å². The smallest absolute Gasteiger partial charge is 0.237 e. The van der Waals surface area contributed by atoms with Gasteiger partial charge in [-0.3, -0.25) is 0 Å². The molecular weight excluding hydrogens is 298 g/mol. The second-order valence-electron chi connectivity index (χ2n) is 3.25. The van der Waals surface area contributed by atoms with Gasteiger partial charge in [-0.05, 0) is 30.0 Å². The van der Waals surface area contributed by atoms with Gasteiger partial charge in [0.15, 0.2) is 0 Å². The summed E-state index contributed by atoms with van der Waals surface area (Å²) in [7, 11) is 1.54. The van der Waals surface area contributed by atoms with Crippen LogP contribution in [0.25, 0.3) is 5.76 Å². The highest BCUT2D eigenvalue weighted by molar-refractivity contribution is 8.10. The molecular formula is C11H13Cl2O2PS. The van der Waals surface area contributed by atoms with E-state index in [1.165, 1.54) is 0 Å². The van der Waals surface area contributed by atoms with E-state index in [0.29, 0.717) is 27.5 Å². The van der Waals surface area contributed by atoms with E-state index in [1.807, 2.05) is 6.92 Å². The molecule has 6 heteroatoms. The Morgan fingerprint density at radius 1 is 1.47 bits per heavy atom. The van der Waals surface area contributed by atoms with Crippen LogP contribution in [0.3, 0.4) is 0 Å². The summed E-state index contributed by atoms with van der Waals surface area (Å²) in [6, 6.07) is 5.10. The van der Waals surface area contributed by atoms with E-state index in [-0.39, 0.29) is 0 Å². The fourth-order valence-electron chi connectivity index (χ4n) is 1.16. The van der Waals surface area contributed by atoms with Gasteiger partial charge in [0.05, 0.1) is 5.02 Å². The lowest BCUT2D eigenvalue weighted by Crippen LogP contribution is -1.95. The molecule has 1 rings (SSSR count). The molecule has 0 saturated carbocycles. The normalized spacial score (nSPS) is 14.1. The minimum absolute atomic E-state index is 0.415. The maximum absolute atomic E-state index is 6.05. The van der Waals surface area contributed by atoms with Gasteiger partial charge in [0.1, 0.15) is 5.76 Å². The van der Waals surface area contributed by atoms with E-state index in [4.69, 9.17) is 44.1 Å². The zero-order valence-corrected chi connectivity index (χ0v) is 12.8. The molecule has 0 aliphatic rings. The summed E-state index contributed by atoms with van der Waals surface area (Å²) in [5.74, 6) is 0.415. The van der Waals surface area contributed by atoms with E-state index in [0.717, 1.165) is 0 Å². The molecule has 0 saturated heterocycles. The molecule has 1 atom stereocenters. The lowest BCUT2D eigenvalue weighted by Gasteiger charge is -2.21. The predicted molar refractivity (Wildman–Crippen MR) is 78.4 cm³/mol. The van der Waals surface area contributed by atoms with Gasteiger partial charge in [-0.15, -0.1) is 0 Å². The molecule has 1 unspecified atom stereocenters. The molecule has 0 aliphatic heterocycles. The first kappa shape index (κ1) is 15.0. The topological polar surface area (TPSA) is 18.5 Å². The van der Waals surface area contributed by atoms with Crippen molar-refractivity contribution in [1.82, 2.24) is 0 Å². The third kappa shape index (κ3) is 3.97. The molecule has 0 N–H and O–H groups in total. The van der Waals surface area contributed by atoms with Crippen molar-refractivity contribution in [2.75, 3.05) is 13.3 Å². The van der Waals surface area contributed by atoms with Gasteiger partial charge in [0, 0.05) is 23.9 Å². The summed E-state index contributed by atoms with van der Waals surface area (Å²) in [6.07, 6.45) is 0.628. The second kappa shape index (κ2) is 6.21. The monoisotopic (exact) mass is 310 g/mol. The van der Waals surface area contributed by atoms with Crippen LogP contribution < -0.4 is 0 Å². The maximum Gasteiger partial charge on any atom is 0.237 e. The lowest BCUT2D eigenvalue weighted by atomic mass is 10.2. The van der Waals surface area contributed by atoms with Crippen LogP contribution in [0.1, 0.15) is 12.5 Å². The highest BCUT2D eigenvalue weighted by Crippen LogP contribution is 2.51. The van der Waals surface area contributed by atoms with Crippen molar-refractivity contribution >= 4 is 47.3 Å². The molecule has 0 radical (unpaired) electrons. The number of benzene rings is 1. The van der Waals surface area contributed by atoms with Crippen molar-refractivity contribution in [1.29, 1.82) is 0 Å². The molecule has 0 heterocycles. The Morgan fingerprint density at radius 3 is 2.59 bits per heavy atom. The fourth-order valence-corrected chi connectivity index (χ4v) is 2.84. The molecule has 0 aliphatic carbocycles. The van der Waals surface area contributed by atoms with E-state index in [1.54, 1.807) is 25.3 Å². The summed E-state index contributed by atoms with van der Waals surface area (Å²) in [6.45, 7) is 3.45. The van der Waals surface area contributed by atoms with Crippen LogP contribution in [0.5, 0.6) is 0 Å². The third-order valence-electron chi connectivity index (χ3n) is 2.15. The quantitative estimate of drug-likeness (QED) is 0.566. The molecule has 17 heavy (non-hydrogen) atoms. The third-order valence-corrected chi connectivity index (χ3v) is 5.97. The van der Waals surface area contributed by atoms with Gasteiger partial charge < -0.3 is 9.05 Å². The summed E-state index contributed by atoms with van der Waals surface area (Å²) in [5, 5.41) is 1.05. The minimum Gasteiger partial charge on any atom is -0.443 e. The first-order valence-corrected chi connectivity index (χ1v) is 8.48. The zero-order valence-electron chi connectivity index (χ0n) is 9.57. The molecule has 0 bridgehead atoms. The highest BCUT2D eigenvalue weighted by Gasteiger charge is 2.18. The van der Waals surface area contributed by atoms with Gasteiger partial charge in [0.25, 0.3) is 0 Å². The summed E-state index contributed by atoms with van der Waals surface area (Å²) in [4.78, 5) is 0. The maximum atomic E-state index is 6.05. The first-order valence-electron chi connectivity index (χ1n) is 4.90. The Bertz CT molecular complexity index is 469. The van der Waals surface area contributed by atoms with Crippen molar-refractivity contribution < 1.29 is 9.05 Å². The zero-order chi connectivity index (χ0) is 13.1. The van der Waals surface area contributed by atoms with Crippen molar-refractivity contribution in [2.24, 2.45) is 0 Å². The van der Waals surface area contributed by atoms with Crippen molar-refractivity contribution in [2.45, 2.75) is 6.92 Å². The number of hydrogen-bond acceptors (Lipinski definition) is 3. The van der Waals surface area contributed by atoms with Crippen LogP contribution in [-0.4, -0.2) is 13.3 Å². The SMILES string of the molecule is C=C(OP(=S)(CC)OC)c1ccc(Cl)cc1Cl. The van der Waals surface area contributed by atoms with Crippen LogP contribution in [0, 0.1) is 0 Å². The van der Waals surface area contributed by atoms with Gasteiger partial charge in [-0.1, -0.05) is 36.7 Å². The van der Waals surface area contributed by atoms with Crippen LogP contribution in [0.15, 0.2) is 24.8 Å². The summed E-state index contributed by atoms with van der Waals surface area (Å²) in [5.41, 5.74) is 0.677. The molecule has 94 valence electrons. The molecule has 0 aromatic heterocycles. The number of halogens is 2. The average molecular weight is 311 g/mol. The van der Waals surface area contributed by atoms with E-state index in [2.05, 4.69) is 6.58 Å². The predicted octanol–water partition coefficient (Wildman–Crippen LogP) is 4.96. The Hall–Kier alpha value is -0.0500. The Kier molecular flexibility index (Phi) is 5.49. The van der Waals surface area contributed by atoms with Crippen LogP contribution in [-0.2, 0) is 20.9 Å². The molecule has 2 nitrogen and oxygen atoms in total. The van der Waals surface area contributed by atoms with Gasteiger partial charge in [-0.2, -0.15) is 0 Å². The minimum atomic E-state index is -2.29. The number of rotatable bonds is 5. The lowest BCUT2D eigenvalue weighted by molar-refractivity contribution is 0.380. The van der Waals surface area contributed by atoms with Crippen LogP contribution in [0.4, 0.5) is 0 Å². The standard InChI is InChI=1S/C11H13Cl2O2PS/c1-4-16(17,14-3)15-8(2)10-6-5-9(12)7-11(10)13/h5-7H,2,4H2,1,3H3. The Morgan fingerprint density at radius 2 is 2.12 bits per heavy atom. The number of hydrogen-bond donors (Lipinski definition) is 0. The first-order chi connectivity index (χ1) is 7.91. The van der Waals surface area contributed by atoms with E-state index in [9.17, 15) is 0 Å². The largest absolute Gasteiger partial charge is 0.443 e. The fraction of sp³-hybridized carbons (Fsp3) is 0.273. The van der Waals surface area contributed by atoms with Crippen molar-refractivity contribution in [3.05, 3.63) is 40.4 Å². The average Bonchev–Trinajstić information content (AvgIpc) is 2.28. The van der Waals surface area contributed by atoms with Crippen LogP contribution >= 0.6 is 29.7 Å². The Balaban J connectivity index is 2.94. The molecule has 0 fully saturated rings. The molecule has 0 spiro atoms. The van der Waals surface area contributed by atoms with E-state index >= 15 is 0 Å². The second-order valence-corrected chi connectivity index (χ2v) is 8.16. The summed E-state index contributed by atoms with van der Waals surface area (Å²) >= 11 is 17.2. The molecule has 0 amide bonds. The van der Waals surface area contributed by atoms with Gasteiger partial charge in [0.2, 0.25) is 6.49 Å². The Labute approximate surface area is 117 Å². The van der Waals surface area contributed by atoms with E-state index < -0.39 is 6.49 Å². The van der Waals surface area contributed by atoms with Gasteiger partial charge in [-0.25, -0.2) is 0 Å². The van der Waals surface area contributed by atoms with Crippen molar-refractivity contribution in [3.8, 4) is 0 Å². The molecule has 1 aromatic rings. The summed E-state index contributed by atoms with van der Waals surface area (Å²) < 4.78 is 10.8. The van der Waals surface area contributed by atoms with Crippen molar-refractivity contribution in [3.63, 3.8) is 0 Å². The highest BCUT2D eigenvalue weighted by atomic mass is 35.5. The molecule has 1 aromatic carbocycles. The van der Waals surface area contributed by atoms with Crippen LogP contribution in [0.2, 0.25) is 10.0 Å².